The van der Waals surface area contributed by atoms with Crippen LogP contribution in [-0.4, -0.2) is 44.8 Å². The Morgan fingerprint density at radius 1 is 1.27 bits per heavy atom. The van der Waals surface area contributed by atoms with Crippen LogP contribution in [0, 0.1) is 5.92 Å². The van der Waals surface area contributed by atoms with Crippen LogP contribution in [-0.2, 0) is 4.74 Å². The third-order valence-electron chi connectivity index (χ3n) is 4.27. The molecule has 1 aromatic heterocycles. The fraction of sp³-hybridized carbons (Fsp3) is 0.450. The third-order valence-corrected chi connectivity index (χ3v) is 4.27. The van der Waals surface area contributed by atoms with Crippen molar-refractivity contribution in [2.75, 3.05) is 13.1 Å². The summed E-state index contributed by atoms with van der Waals surface area (Å²) in [7, 11) is 0. The van der Waals surface area contributed by atoms with Crippen molar-refractivity contribution in [1.29, 1.82) is 0 Å². The molecule has 0 atom stereocenters. The summed E-state index contributed by atoms with van der Waals surface area (Å²) in [6.07, 6.45) is 7.39. The number of carbonyl (C=O) groups excluding carboxylic acids is 1. The second-order valence-electron chi connectivity index (χ2n) is 7.63. The van der Waals surface area contributed by atoms with E-state index in [4.69, 9.17) is 4.74 Å². The Morgan fingerprint density at radius 3 is 2.69 bits per heavy atom. The number of phenols is 1. The summed E-state index contributed by atoms with van der Waals surface area (Å²) in [5.74, 6) is 0.581. The summed E-state index contributed by atoms with van der Waals surface area (Å²) >= 11 is 0. The highest BCUT2D eigenvalue weighted by molar-refractivity contribution is 5.76. The predicted molar refractivity (Wildman–Crippen MR) is 101 cm³/mol. The first-order chi connectivity index (χ1) is 12.3. The standard InChI is InChI=1S/C20H25N3O3/c1-20(2,3)26-19(25)23-10-8-14(9-11-23)4-5-15-13-21-17-7-6-16(24)12-18(17)22-15/h4-7,12-14,24H,8-11H2,1-3H3/b5-4+. The fourth-order valence-electron chi connectivity index (χ4n) is 2.93. The molecule has 138 valence electrons. The minimum Gasteiger partial charge on any atom is -0.508 e. The lowest BCUT2D eigenvalue weighted by Gasteiger charge is -2.32. The Morgan fingerprint density at radius 2 is 2.00 bits per heavy atom. The van der Waals surface area contributed by atoms with Crippen molar-refractivity contribution in [3.8, 4) is 5.75 Å². The van der Waals surface area contributed by atoms with Gasteiger partial charge in [-0.2, -0.15) is 0 Å². The zero-order valence-electron chi connectivity index (χ0n) is 15.5. The SMILES string of the molecule is CC(C)(C)OC(=O)N1CCC(/C=C/c2cnc3ccc(O)cc3n2)CC1. The maximum absolute atomic E-state index is 12.1. The van der Waals surface area contributed by atoms with Crippen LogP contribution in [0.5, 0.6) is 5.75 Å². The van der Waals surface area contributed by atoms with Gasteiger partial charge in [0.2, 0.25) is 0 Å². The van der Waals surface area contributed by atoms with Crippen LogP contribution >= 0.6 is 0 Å². The van der Waals surface area contributed by atoms with Gasteiger partial charge in [-0.3, -0.25) is 4.98 Å². The lowest BCUT2D eigenvalue weighted by atomic mass is 9.96. The highest BCUT2D eigenvalue weighted by Crippen LogP contribution is 2.22. The summed E-state index contributed by atoms with van der Waals surface area (Å²) < 4.78 is 5.42. The van der Waals surface area contributed by atoms with Crippen LogP contribution in [0.4, 0.5) is 4.79 Å². The molecule has 0 unspecified atom stereocenters. The van der Waals surface area contributed by atoms with Crippen molar-refractivity contribution in [3.05, 3.63) is 36.2 Å². The molecule has 1 aliphatic rings. The molecule has 2 heterocycles. The number of rotatable bonds is 2. The van der Waals surface area contributed by atoms with Crippen LogP contribution in [0.25, 0.3) is 17.1 Å². The van der Waals surface area contributed by atoms with Crippen molar-refractivity contribution >= 4 is 23.2 Å². The number of nitrogens with zero attached hydrogens (tertiary/aromatic N) is 3. The zero-order chi connectivity index (χ0) is 18.7. The van der Waals surface area contributed by atoms with Crippen LogP contribution in [0.2, 0.25) is 0 Å². The van der Waals surface area contributed by atoms with E-state index in [1.165, 1.54) is 0 Å². The topological polar surface area (TPSA) is 75.5 Å². The van der Waals surface area contributed by atoms with Gasteiger partial charge in [-0.25, -0.2) is 9.78 Å². The normalized spacial score (nSPS) is 16.3. The summed E-state index contributed by atoms with van der Waals surface area (Å²) in [4.78, 5) is 22.7. The number of ether oxygens (including phenoxy) is 1. The molecule has 1 aromatic carbocycles. The zero-order valence-corrected chi connectivity index (χ0v) is 15.5. The van der Waals surface area contributed by atoms with E-state index in [0.29, 0.717) is 24.5 Å². The van der Waals surface area contributed by atoms with Gasteiger partial charge in [-0.15, -0.1) is 0 Å². The minimum absolute atomic E-state index is 0.183. The average Bonchev–Trinajstić information content (AvgIpc) is 2.58. The average molecular weight is 355 g/mol. The number of piperidine rings is 1. The maximum Gasteiger partial charge on any atom is 0.410 e. The lowest BCUT2D eigenvalue weighted by molar-refractivity contribution is 0.0197. The van der Waals surface area contributed by atoms with Gasteiger partial charge >= 0.3 is 6.09 Å². The number of likely N-dealkylation sites (tertiary alicyclic amines) is 1. The monoisotopic (exact) mass is 355 g/mol. The molecule has 0 radical (unpaired) electrons. The van der Waals surface area contributed by atoms with E-state index in [2.05, 4.69) is 16.0 Å². The smallest absolute Gasteiger partial charge is 0.410 e. The van der Waals surface area contributed by atoms with Gasteiger partial charge in [-0.1, -0.05) is 6.08 Å². The first-order valence-electron chi connectivity index (χ1n) is 8.92. The van der Waals surface area contributed by atoms with Crippen molar-refractivity contribution < 1.29 is 14.6 Å². The van der Waals surface area contributed by atoms with Gasteiger partial charge in [0.1, 0.15) is 11.4 Å². The first kappa shape index (κ1) is 18.2. The van der Waals surface area contributed by atoms with E-state index < -0.39 is 5.60 Å². The molecular weight excluding hydrogens is 330 g/mol. The third kappa shape index (κ3) is 4.71. The molecule has 6 heteroatoms. The second-order valence-corrected chi connectivity index (χ2v) is 7.63. The van der Waals surface area contributed by atoms with Crippen LogP contribution in [0.3, 0.4) is 0 Å². The highest BCUT2D eigenvalue weighted by atomic mass is 16.6. The lowest BCUT2D eigenvalue weighted by Crippen LogP contribution is -2.41. The molecule has 1 amide bonds. The van der Waals surface area contributed by atoms with E-state index >= 15 is 0 Å². The van der Waals surface area contributed by atoms with Crippen molar-refractivity contribution in [2.24, 2.45) is 5.92 Å². The Labute approximate surface area is 153 Å². The van der Waals surface area contributed by atoms with Crippen molar-refractivity contribution in [3.63, 3.8) is 0 Å². The van der Waals surface area contributed by atoms with E-state index in [1.807, 2.05) is 26.8 Å². The van der Waals surface area contributed by atoms with Gasteiger partial charge in [0.05, 0.1) is 22.9 Å². The van der Waals surface area contributed by atoms with Gasteiger partial charge in [-0.05, 0) is 57.7 Å². The maximum atomic E-state index is 12.1. The first-order valence-corrected chi connectivity index (χ1v) is 8.92. The van der Waals surface area contributed by atoms with Crippen LogP contribution in [0.1, 0.15) is 39.3 Å². The molecule has 1 saturated heterocycles. The quantitative estimate of drug-likeness (QED) is 0.881. The Bertz CT molecular complexity index is 819. The number of amides is 1. The molecule has 26 heavy (non-hydrogen) atoms. The number of fused-ring (bicyclic) bond motifs is 1. The minimum atomic E-state index is -0.461. The van der Waals surface area contributed by atoms with Gasteiger partial charge < -0.3 is 14.7 Å². The highest BCUT2D eigenvalue weighted by Gasteiger charge is 2.25. The molecule has 0 aliphatic carbocycles. The molecule has 1 N–H and O–H groups in total. The number of allylic oxidation sites excluding steroid dienone is 1. The molecular formula is C20H25N3O3. The van der Waals surface area contributed by atoms with E-state index in [9.17, 15) is 9.90 Å². The van der Waals surface area contributed by atoms with Crippen molar-refractivity contribution in [1.82, 2.24) is 14.9 Å². The molecule has 0 saturated carbocycles. The molecule has 2 aromatic rings. The van der Waals surface area contributed by atoms with Gasteiger partial charge in [0, 0.05) is 19.2 Å². The van der Waals surface area contributed by atoms with Gasteiger partial charge in [0.15, 0.2) is 0 Å². The summed E-state index contributed by atoms with van der Waals surface area (Å²) in [6.45, 7) is 7.03. The number of aromatic hydroxyl groups is 1. The molecule has 3 rings (SSSR count). The Balaban J connectivity index is 1.58. The number of hydrogen-bond donors (Lipinski definition) is 1. The molecule has 0 bridgehead atoms. The molecule has 6 nitrogen and oxygen atoms in total. The number of hydrogen-bond acceptors (Lipinski definition) is 5. The van der Waals surface area contributed by atoms with Gasteiger partial charge in [0.25, 0.3) is 0 Å². The summed E-state index contributed by atoms with van der Waals surface area (Å²) in [5.41, 5.74) is 1.73. The molecule has 1 aliphatic heterocycles. The van der Waals surface area contributed by atoms with Crippen LogP contribution < -0.4 is 0 Å². The van der Waals surface area contributed by atoms with Crippen LogP contribution in [0.15, 0.2) is 30.5 Å². The second kappa shape index (κ2) is 7.32. The van der Waals surface area contributed by atoms with Crippen molar-refractivity contribution in [2.45, 2.75) is 39.2 Å². The number of phenolic OH excluding ortho intramolecular Hbond substituents is 1. The summed E-state index contributed by atoms with van der Waals surface area (Å²) in [6, 6.07) is 4.96. The van der Waals surface area contributed by atoms with E-state index in [0.717, 1.165) is 24.1 Å². The fourth-order valence-corrected chi connectivity index (χ4v) is 2.93. The van der Waals surface area contributed by atoms with E-state index in [-0.39, 0.29) is 11.8 Å². The largest absolute Gasteiger partial charge is 0.508 e. The predicted octanol–water partition coefficient (Wildman–Crippen LogP) is 4.00. The number of carbonyl (C=O) groups is 1. The number of aromatic nitrogens is 2. The molecule has 0 spiro atoms. The molecule has 1 fully saturated rings. The van der Waals surface area contributed by atoms with E-state index in [1.54, 1.807) is 29.3 Å². The Hall–Kier alpha value is -2.63. The number of benzene rings is 1. The Kier molecular flexibility index (Phi) is 5.11. The summed E-state index contributed by atoms with van der Waals surface area (Å²) in [5, 5.41) is 9.57.